The van der Waals surface area contributed by atoms with Crippen molar-refractivity contribution >= 4 is 29.0 Å². The Labute approximate surface area is 214 Å². The number of anilines is 4. The fraction of sp³-hybridized carbons (Fsp3) is 0.560. The molecular formula is C25H33F3N6O3. The van der Waals surface area contributed by atoms with Crippen LogP contribution in [0.1, 0.15) is 31.7 Å². The number of halogens is 3. The molecule has 4 rings (SSSR count). The Bertz CT molecular complexity index is 1040. The number of hydrogen-bond donors (Lipinski definition) is 2. The Morgan fingerprint density at radius 1 is 1.16 bits per heavy atom. The molecule has 3 heterocycles. The van der Waals surface area contributed by atoms with Crippen molar-refractivity contribution in [2.24, 2.45) is 0 Å². The van der Waals surface area contributed by atoms with Crippen molar-refractivity contribution in [1.29, 1.82) is 0 Å². The van der Waals surface area contributed by atoms with Gasteiger partial charge in [0.15, 0.2) is 0 Å². The molecule has 2 saturated heterocycles. The van der Waals surface area contributed by atoms with E-state index in [-0.39, 0.29) is 36.9 Å². The highest BCUT2D eigenvalue weighted by Gasteiger charge is 2.35. The molecule has 1 unspecified atom stereocenters. The van der Waals surface area contributed by atoms with Gasteiger partial charge >= 0.3 is 6.18 Å². The molecule has 2 aliphatic rings. The summed E-state index contributed by atoms with van der Waals surface area (Å²) in [5, 5.41) is 5.77. The van der Waals surface area contributed by atoms with Crippen LogP contribution in [0.3, 0.4) is 0 Å². The van der Waals surface area contributed by atoms with Crippen LogP contribution in [0.5, 0.6) is 0 Å². The summed E-state index contributed by atoms with van der Waals surface area (Å²) < 4.78 is 51.6. The van der Waals surface area contributed by atoms with Crippen LogP contribution >= 0.6 is 0 Å². The molecule has 1 amide bonds. The van der Waals surface area contributed by atoms with Crippen molar-refractivity contribution in [3.63, 3.8) is 0 Å². The van der Waals surface area contributed by atoms with Crippen molar-refractivity contribution in [1.82, 2.24) is 14.9 Å². The van der Waals surface area contributed by atoms with E-state index in [0.717, 1.165) is 37.8 Å². The van der Waals surface area contributed by atoms with Crippen molar-refractivity contribution in [2.75, 3.05) is 68.1 Å². The zero-order chi connectivity index (χ0) is 26.3. The van der Waals surface area contributed by atoms with Gasteiger partial charge in [-0.05, 0) is 43.5 Å². The summed E-state index contributed by atoms with van der Waals surface area (Å²) in [7, 11) is 0. The van der Waals surface area contributed by atoms with Gasteiger partial charge in [-0.3, -0.25) is 4.79 Å². The number of ether oxygens (including phenoxy) is 2. The number of morpholine rings is 1. The highest BCUT2D eigenvalue weighted by Crippen LogP contribution is 2.34. The molecule has 0 aliphatic carbocycles. The van der Waals surface area contributed by atoms with E-state index in [0.29, 0.717) is 38.4 Å². The number of alkyl halides is 3. The van der Waals surface area contributed by atoms with Gasteiger partial charge in [-0.15, -0.1) is 0 Å². The molecule has 1 aromatic carbocycles. The van der Waals surface area contributed by atoms with Crippen LogP contribution in [0.25, 0.3) is 0 Å². The van der Waals surface area contributed by atoms with Gasteiger partial charge in [0.2, 0.25) is 11.9 Å². The number of carbonyl (C=O) groups excluding carboxylic acids is 1. The van der Waals surface area contributed by atoms with E-state index in [1.54, 1.807) is 4.90 Å². The molecule has 1 atom stereocenters. The minimum absolute atomic E-state index is 0.0409. The normalized spacial score (nSPS) is 19.0. The molecule has 2 N–H and O–H groups in total. The highest BCUT2D eigenvalue weighted by atomic mass is 19.4. The topological polar surface area (TPSA) is 91.8 Å². The van der Waals surface area contributed by atoms with Crippen molar-refractivity contribution in [3.05, 3.63) is 36.0 Å². The van der Waals surface area contributed by atoms with Gasteiger partial charge in [-0.1, -0.05) is 6.92 Å². The molecule has 1 aromatic heterocycles. The first kappa shape index (κ1) is 26.9. The second-order valence-electron chi connectivity index (χ2n) is 9.04. The average molecular weight is 523 g/mol. The third kappa shape index (κ3) is 7.45. The lowest BCUT2D eigenvalue weighted by molar-refractivity contribution is -0.137. The second-order valence-corrected chi connectivity index (χ2v) is 9.04. The number of amides is 1. The predicted octanol–water partition coefficient (Wildman–Crippen LogP) is 3.91. The standard InChI is InChI=1S/C25H33F3N6O3/c1-2-20-16-34(12-14-37-20)19-7-5-18(6-8-19)31-24-30-15-21(25(26,27)28)23(32-24)29-9-3-10-33-11-4-13-36-17-22(33)35/h5-8,15,20H,2-4,9-14,16-17H2,1H3,(H2,29,30,31,32). The Hall–Kier alpha value is -3.12. The van der Waals surface area contributed by atoms with Crippen molar-refractivity contribution in [2.45, 2.75) is 38.5 Å². The monoisotopic (exact) mass is 522 g/mol. The summed E-state index contributed by atoms with van der Waals surface area (Å²) >= 11 is 0. The molecule has 2 fully saturated rings. The molecule has 0 spiro atoms. The van der Waals surface area contributed by atoms with Crippen LogP contribution in [0.15, 0.2) is 30.5 Å². The number of hydrogen-bond acceptors (Lipinski definition) is 8. The molecule has 0 radical (unpaired) electrons. The van der Waals surface area contributed by atoms with Gasteiger partial charge in [0.05, 0.1) is 12.7 Å². The summed E-state index contributed by atoms with van der Waals surface area (Å²) in [6.07, 6.45) is -1.46. The minimum Gasteiger partial charge on any atom is -0.375 e. The highest BCUT2D eigenvalue weighted by molar-refractivity contribution is 5.77. The Morgan fingerprint density at radius 3 is 2.73 bits per heavy atom. The SMILES string of the molecule is CCC1CN(c2ccc(Nc3ncc(C(F)(F)F)c(NCCCN4CCCOCC4=O)n3)cc2)CCO1. The molecule has 37 heavy (non-hydrogen) atoms. The number of aromatic nitrogens is 2. The first-order chi connectivity index (χ1) is 17.8. The number of nitrogens with zero attached hydrogens (tertiary/aromatic N) is 4. The maximum absolute atomic E-state index is 13.6. The Balaban J connectivity index is 1.38. The number of carbonyl (C=O) groups is 1. The number of nitrogens with one attached hydrogen (secondary N) is 2. The molecule has 0 saturated carbocycles. The molecule has 2 aliphatic heterocycles. The summed E-state index contributed by atoms with van der Waals surface area (Å²) in [4.78, 5) is 23.9. The summed E-state index contributed by atoms with van der Waals surface area (Å²) in [6, 6.07) is 7.61. The van der Waals surface area contributed by atoms with Gasteiger partial charge in [-0.2, -0.15) is 18.2 Å². The van der Waals surface area contributed by atoms with E-state index in [4.69, 9.17) is 9.47 Å². The quantitative estimate of drug-likeness (QED) is 0.479. The van der Waals surface area contributed by atoms with Crippen LogP contribution in [0.2, 0.25) is 0 Å². The van der Waals surface area contributed by atoms with Gasteiger partial charge in [-0.25, -0.2) is 4.98 Å². The van der Waals surface area contributed by atoms with Crippen LogP contribution in [0, 0.1) is 0 Å². The van der Waals surface area contributed by atoms with Gasteiger partial charge in [0.25, 0.3) is 0 Å². The Morgan fingerprint density at radius 2 is 1.97 bits per heavy atom. The van der Waals surface area contributed by atoms with Gasteiger partial charge < -0.3 is 29.9 Å². The maximum Gasteiger partial charge on any atom is 0.421 e. The molecule has 2 aromatic rings. The van der Waals surface area contributed by atoms with E-state index >= 15 is 0 Å². The molecule has 0 bridgehead atoms. The zero-order valence-electron chi connectivity index (χ0n) is 20.9. The summed E-state index contributed by atoms with van der Waals surface area (Å²) in [5.74, 6) is -0.349. The van der Waals surface area contributed by atoms with Gasteiger partial charge in [0.1, 0.15) is 18.0 Å². The number of rotatable bonds is 9. The van der Waals surface area contributed by atoms with E-state index < -0.39 is 11.7 Å². The van der Waals surface area contributed by atoms with Crippen molar-refractivity contribution in [3.8, 4) is 0 Å². The fourth-order valence-electron chi connectivity index (χ4n) is 4.32. The Kier molecular flexibility index (Phi) is 9.04. The molecule has 202 valence electrons. The van der Waals surface area contributed by atoms with Gasteiger partial charge in [0, 0.05) is 56.9 Å². The summed E-state index contributed by atoms with van der Waals surface area (Å²) in [6.45, 7) is 6.20. The van der Waals surface area contributed by atoms with Crippen LogP contribution < -0.4 is 15.5 Å². The van der Waals surface area contributed by atoms with E-state index in [1.807, 2.05) is 24.3 Å². The van der Waals surface area contributed by atoms with E-state index in [2.05, 4.69) is 32.4 Å². The van der Waals surface area contributed by atoms with E-state index in [1.165, 1.54) is 0 Å². The van der Waals surface area contributed by atoms with Crippen LogP contribution in [-0.2, 0) is 20.4 Å². The smallest absolute Gasteiger partial charge is 0.375 e. The lowest BCUT2D eigenvalue weighted by Gasteiger charge is -2.34. The average Bonchev–Trinajstić information content (AvgIpc) is 3.10. The molecular weight excluding hydrogens is 489 g/mol. The molecule has 9 nitrogen and oxygen atoms in total. The first-order valence-corrected chi connectivity index (χ1v) is 12.6. The fourth-order valence-corrected chi connectivity index (χ4v) is 4.32. The van der Waals surface area contributed by atoms with Crippen LogP contribution in [0.4, 0.5) is 36.3 Å². The minimum atomic E-state index is -4.60. The van der Waals surface area contributed by atoms with E-state index in [9.17, 15) is 18.0 Å². The maximum atomic E-state index is 13.6. The lowest BCUT2D eigenvalue weighted by Crippen LogP contribution is -2.42. The largest absolute Gasteiger partial charge is 0.421 e. The van der Waals surface area contributed by atoms with Crippen molar-refractivity contribution < 1.29 is 27.4 Å². The third-order valence-electron chi connectivity index (χ3n) is 6.37. The second kappa shape index (κ2) is 12.4. The molecule has 12 heteroatoms. The third-order valence-corrected chi connectivity index (χ3v) is 6.37. The lowest BCUT2D eigenvalue weighted by atomic mass is 10.2. The van der Waals surface area contributed by atoms with Crippen LogP contribution in [-0.4, -0.2) is 79.4 Å². The zero-order valence-corrected chi connectivity index (χ0v) is 20.9. The number of benzene rings is 1. The first-order valence-electron chi connectivity index (χ1n) is 12.6. The predicted molar refractivity (Wildman–Crippen MR) is 134 cm³/mol. The summed E-state index contributed by atoms with van der Waals surface area (Å²) in [5.41, 5.74) is 0.777.